The van der Waals surface area contributed by atoms with E-state index in [1.807, 2.05) is 11.8 Å². The monoisotopic (exact) mass is 223 g/mol. The number of hydrogen-bond donors (Lipinski definition) is 1. The highest BCUT2D eigenvalue weighted by molar-refractivity contribution is 7.98. The summed E-state index contributed by atoms with van der Waals surface area (Å²) in [6, 6.07) is 2.42. The number of hydrogen-bond acceptors (Lipinski definition) is 2. The standard InChI is InChI=1S/C13H21NS/c1-8-6-9(2)11(4)13(10(8)3)12(14)7-15-5/h6,12H,7,14H2,1-5H3. The van der Waals surface area contributed by atoms with Crippen LogP contribution in [0.15, 0.2) is 6.07 Å². The van der Waals surface area contributed by atoms with Crippen LogP contribution in [0.5, 0.6) is 0 Å². The Morgan fingerprint density at radius 1 is 1.13 bits per heavy atom. The number of rotatable bonds is 3. The fourth-order valence-corrected chi connectivity index (χ4v) is 2.59. The average molecular weight is 223 g/mol. The third kappa shape index (κ3) is 2.56. The average Bonchev–Trinajstić information content (AvgIpc) is 2.16. The Morgan fingerprint density at radius 3 is 2.00 bits per heavy atom. The molecule has 0 spiro atoms. The second kappa shape index (κ2) is 5.04. The smallest absolute Gasteiger partial charge is 0.0392 e. The van der Waals surface area contributed by atoms with Gasteiger partial charge in [0.05, 0.1) is 0 Å². The fraction of sp³-hybridized carbons (Fsp3) is 0.538. The van der Waals surface area contributed by atoms with E-state index in [2.05, 4.69) is 40.0 Å². The zero-order valence-corrected chi connectivity index (χ0v) is 11.2. The lowest BCUT2D eigenvalue weighted by Gasteiger charge is -2.20. The van der Waals surface area contributed by atoms with Gasteiger partial charge in [-0.05, 0) is 61.8 Å². The summed E-state index contributed by atoms with van der Waals surface area (Å²) in [5.41, 5.74) is 13.0. The molecule has 0 amide bonds. The normalized spacial score (nSPS) is 12.9. The first-order chi connectivity index (χ1) is 6.99. The van der Waals surface area contributed by atoms with Crippen LogP contribution in [-0.4, -0.2) is 12.0 Å². The molecule has 1 aromatic rings. The predicted octanol–water partition coefficient (Wildman–Crippen LogP) is 3.28. The molecule has 0 saturated heterocycles. The van der Waals surface area contributed by atoms with E-state index in [4.69, 9.17) is 5.73 Å². The summed E-state index contributed by atoms with van der Waals surface area (Å²) in [6.45, 7) is 8.68. The lowest BCUT2D eigenvalue weighted by Crippen LogP contribution is -2.17. The molecule has 1 rings (SSSR count). The minimum Gasteiger partial charge on any atom is -0.323 e. The molecule has 1 nitrogen and oxygen atoms in total. The van der Waals surface area contributed by atoms with E-state index in [0.29, 0.717) is 0 Å². The number of nitrogens with two attached hydrogens (primary N) is 1. The van der Waals surface area contributed by atoms with Gasteiger partial charge in [0, 0.05) is 11.8 Å². The SMILES string of the molecule is CSCC(N)c1c(C)c(C)cc(C)c1C. The highest BCUT2D eigenvalue weighted by atomic mass is 32.2. The maximum absolute atomic E-state index is 6.22. The van der Waals surface area contributed by atoms with E-state index in [1.54, 1.807) is 0 Å². The summed E-state index contributed by atoms with van der Waals surface area (Å²) in [5, 5.41) is 0. The molecule has 1 atom stereocenters. The summed E-state index contributed by atoms with van der Waals surface area (Å²) in [7, 11) is 0. The van der Waals surface area contributed by atoms with Crippen molar-refractivity contribution in [1.82, 2.24) is 0 Å². The summed E-state index contributed by atoms with van der Waals surface area (Å²) >= 11 is 1.81. The molecule has 1 unspecified atom stereocenters. The maximum Gasteiger partial charge on any atom is 0.0392 e. The van der Waals surface area contributed by atoms with Crippen molar-refractivity contribution < 1.29 is 0 Å². The fourth-order valence-electron chi connectivity index (χ4n) is 2.07. The molecule has 1 aromatic carbocycles. The van der Waals surface area contributed by atoms with Gasteiger partial charge in [0.2, 0.25) is 0 Å². The first-order valence-electron chi connectivity index (χ1n) is 5.30. The van der Waals surface area contributed by atoms with Gasteiger partial charge in [0.15, 0.2) is 0 Å². The minimum absolute atomic E-state index is 0.165. The Morgan fingerprint density at radius 2 is 1.60 bits per heavy atom. The molecule has 0 aliphatic carbocycles. The molecular weight excluding hydrogens is 202 g/mol. The van der Waals surface area contributed by atoms with Crippen molar-refractivity contribution in [3.8, 4) is 0 Å². The molecule has 0 bridgehead atoms. The predicted molar refractivity (Wildman–Crippen MR) is 70.7 cm³/mol. The Kier molecular flexibility index (Phi) is 4.23. The van der Waals surface area contributed by atoms with E-state index in [-0.39, 0.29) is 6.04 Å². The largest absolute Gasteiger partial charge is 0.323 e. The first-order valence-corrected chi connectivity index (χ1v) is 6.70. The van der Waals surface area contributed by atoms with Crippen molar-refractivity contribution >= 4 is 11.8 Å². The van der Waals surface area contributed by atoms with Crippen LogP contribution in [-0.2, 0) is 0 Å². The molecular formula is C13H21NS. The molecule has 0 radical (unpaired) electrons. The summed E-state index contributed by atoms with van der Waals surface area (Å²) in [5.74, 6) is 0.991. The van der Waals surface area contributed by atoms with Crippen molar-refractivity contribution in [1.29, 1.82) is 0 Å². The number of benzene rings is 1. The van der Waals surface area contributed by atoms with Gasteiger partial charge in [-0.25, -0.2) is 0 Å². The van der Waals surface area contributed by atoms with Gasteiger partial charge in [-0.15, -0.1) is 0 Å². The molecule has 84 valence electrons. The maximum atomic E-state index is 6.22. The first kappa shape index (κ1) is 12.6. The van der Waals surface area contributed by atoms with Crippen molar-refractivity contribution in [3.05, 3.63) is 33.9 Å². The molecule has 0 aliphatic rings. The van der Waals surface area contributed by atoms with Crippen LogP contribution >= 0.6 is 11.8 Å². The molecule has 0 fully saturated rings. The van der Waals surface area contributed by atoms with E-state index in [9.17, 15) is 0 Å². The zero-order valence-electron chi connectivity index (χ0n) is 10.3. The van der Waals surface area contributed by atoms with Crippen LogP contribution in [0.1, 0.15) is 33.9 Å². The van der Waals surface area contributed by atoms with E-state index in [1.165, 1.54) is 27.8 Å². The van der Waals surface area contributed by atoms with Gasteiger partial charge in [0.1, 0.15) is 0 Å². The molecule has 0 aliphatic heterocycles. The number of thioether (sulfide) groups is 1. The topological polar surface area (TPSA) is 26.0 Å². The Balaban J connectivity index is 3.26. The highest BCUT2D eigenvalue weighted by Gasteiger charge is 2.14. The van der Waals surface area contributed by atoms with Crippen LogP contribution in [0.25, 0.3) is 0 Å². The molecule has 0 aromatic heterocycles. The number of aryl methyl sites for hydroxylation is 2. The summed E-state index contributed by atoms with van der Waals surface area (Å²) < 4.78 is 0. The van der Waals surface area contributed by atoms with Gasteiger partial charge in [-0.1, -0.05) is 6.07 Å². The van der Waals surface area contributed by atoms with Gasteiger partial charge in [-0.3, -0.25) is 0 Å². The summed E-state index contributed by atoms with van der Waals surface area (Å²) in [6.07, 6.45) is 2.10. The molecule has 0 heterocycles. The summed E-state index contributed by atoms with van der Waals surface area (Å²) in [4.78, 5) is 0. The van der Waals surface area contributed by atoms with Crippen LogP contribution in [0, 0.1) is 27.7 Å². The van der Waals surface area contributed by atoms with E-state index >= 15 is 0 Å². The lowest BCUT2D eigenvalue weighted by atomic mass is 9.91. The second-order valence-electron chi connectivity index (χ2n) is 4.24. The molecule has 2 heteroatoms. The minimum atomic E-state index is 0.165. The Labute approximate surface area is 97.4 Å². The molecule has 2 N–H and O–H groups in total. The third-order valence-corrected chi connectivity index (χ3v) is 3.83. The second-order valence-corrected chi connectivity index (χ2v) is 5.15. The van der Waals surface area contributed by atoms with Crippen molar-refractivity contribution in [2.24, 2.45) is 5.73 Å². The van der Waals surface area contributed by atoms with Crippen LogP contribution < -0.4 is 5.73 Å². The van der Waals surface area contributed by atoms with Gasteiger partial charge >= 0.3 is 0 Å². The van der Waals surface area contributed by atoms with Gasteiger partial charge in [-0.2, -0.15) is 11.8 Å². The highest BCUT2D eigenvalue weighted by Crippen LogP contribution is 2.27. The van der Waals surface area contributed by atoms with Crippen LogP contribution in [0.2, 0.25) is 0 Å². The van der Waals surface area contributed by atoms with E-state index < -0.39 is 0 Å². The quantitative estimate of drug-likeness (QED) is 0.851. The van der Waals surface area contributed by atoms with Crippen LogP contribution in [0.4, 0.5) is 0 Å². The zero-order chi connectivity index (χ0) is 11.6. The Bertz CT molecular complexity index is 332. The molecule has 0 saturated carbocycles. The Hall–Kier alpha value is -0.470. The third-order valence-electron chi connectivity index (χ3n) is 3.14. The van der Waals surface area contributed by atoms with Gasteiger partial charge < -0.3 is 5.73 Å². The van der Waals surface area contributed by atoms with Crippen molar-refractivity contribution in [3.63, 3.8) is 0 Å². The van der Waals surface area contributed by atoms with E-state index in [0.717, 1.165) is 5.75 Å². The van der Waals surface area contributed by atoms with Gasteiger partial charge in [0.25, 0.3) is 0 Å². The lowest BCUT2D eigenvalue weighted by molar-refractivity contribution is 0.810. The van der Waals surface area contributed by atoms with Crippen molar-refractivity contribution in [2.75, 3.05) is 12.0 Å². The molecule has 15 heavy (non-hydrogen) atoms. The van der Waals surface area contributed by atoms with Crippen molar-refractivity contribution in [2.45, 2.75) is 33.7 Å². The van der Waals surface area contributed by atoms with Crippen LogP contribution in [0.3, 0.4) is 0 Å².